The number of aromatic amines is 1. The van der Waals surface area contributed by atoms with Gasteiger partial charge in [-0.25, -0.2) is 4.98 Å². The number of rotatable bonds is 4. The molecule has 1 atom stereocenters. The van der Waals surface area contributed by atoms with Gasteiger partial charge in [0.25, 0.3) is 5.82 Å². The Morgan fingerprint density at radius 1 is 1.33 bits per heavy atom. The number of fused-ring (bicyclic) bond motifs is 1. The number of anilines is 1. The molecule has 0 fully saturated rings. The van der Waals surface area contributed by atoms with Crippen LogP contribution in [0, 0.1) is 22.7 Å². The highest BCUT2D eigenvalue weighted by atomic mass is 32.2. The topological polar surface area (TPSA) is 108 Å². The van der Waals surface area contributed by atoms with E-state index in [1.165, 1.54) is 29.0 Å². The minimum Gasteiger partial charge on any atom is -0.338 e. The lowest BCUT2D eigenvalue weighted by Gasteiger charge is -2.33. The average molecular weight is 378 g/mol. The quantitative estimate of drug-likeness (QED) is 0.822. The molecule has 0 unspecified atom stereocenters. The number of thioether (sulfide) groups is 1. The first-order chi connectivity index (χ1) is 13.0. The Morgan fingerprint density at radius 3 is 2.81 bits per heavy atom. The van der Waals surface area contributed by atoms with E-state index in [0.29, 0.717) is 10.6 Å². The average Bonchev–Trinajstić information content (AvgIpc) is 2.71. The van der Waals surface area contributed by atoms with Gasteiger partial charge in [0.2, 0.25) is 5.91 Å². The largest absolute Gasteiger partial charge is 0.338 e. The monoisotopic (exact) mass is 378 g/mol. The second-order valence-corrected chi connectivity index (χ2v) is 7.45. The number of pyridine rings is 1. The molecule has 0 spiro atoms. The summed E-state index contributed by atoms with van der Waals surface area (Å²) in [5, 5.41) is 18.8. The van der Waals surface area contributed by atoms with Crippen LogP contribution < -0.4 is 10.7 Å². The standard InChI is InChI=1S/C20H19N5OS/c1-25(17-8-4-6-13-5-2-3-7-16(13)17)18(26)12-27-20-15(11-22)9-14(10-21)19(23)24-20/h2-3,5,7,9,17H,4,6,8,12H2,1H3,(H2,23,24)/p+1/t17-/m1/s1. The van der Waals surface area contributed by atoms with Crippen LogP contribution in [-0.4, -0.2) is 23.6 Å². The summed E-state index contributed by atoms with van der Waals surface area (Å²) in [6.45, 7) is 0. The van der Waals surface area contributed by atoms with Crippen LogP contribution in [0.4, 0.5) is 5.82 Å². The molecule has 0 bridgehead atoms. The Balaban J connectivity index is 1.73. The van der Waals surface area contributed by atoms with Crippen LogP contribution >= 0.6 is 11.8 Å². The van der Waals surface area contributed by atoms with Crippen molar-refractivity contribution in [3.63, 3.8) is 0 Å². The van der Waals surface area contributed by atoms with Crippen molar-refractivity contribution >= 4 is 23.5 Å². The zero-order valence-corrected chi connectivity index (χ0v) is 15.8. The number of carbonyl (C=O) groups is 1. The predicted octanol–water partition coefficient (Wildman–Crippen LogP) is 2.45. The molecule has 3 N–H and O–H groups in total. The lowest BCUT2D eigenvalue weighted by atomic mass is 9.87. The van der Waals surface area contributed by atoms with E-state index >= 15 is 0 Å². The molecule has 1 aliphatic carbocycles. The van der Waals surface area contributed by atoms with Gasteiger partial charge < -0.3 is 4.90 Å². The lowest BCUT2D eigenvalue weighted by Crippen LogP contribution is -2.34. The summed E-state index contributed by atoms with van der Waals surface area (Å²) in [6.07, 6.45) is 3.06. The number of benzene rings is 1. The summed E-state index contributed by atoms with van der Waals surface area (Å²) < 4.78 is 0. The van der Waals surface area contributed by atoms with E-state index in [1.54, 1.807) is 4.90 Å². The minimum atomic E-state index is -0.0121. The van der Waals surface area contributed by atoms with Gasteiger partial charge in [-0.2, -0.15) is 10.5 Å². The van der Waals surface area contributed by atoms with Crippen molar-refractivity contribution in [2.45, 2.75) is 30.3 Å². The molecular weight excluding hydrogens is 358 g/mol. The number of hydrogen-bond donors (Lipinski definition) is 1. The Hall–Kier alpha value is -3.03. The van der Waals surface area contributed by atoms with Gasteiger partial charge in [0.15, 0.2) is 5.03 Å². The molecule has 0 aliphatic heterocycles. The third kappa shape index (κ3) is 3.89. The van der Waals surface area contributed by atoms with Crippen LogP contribution in [0.5, 0.6) is 0 Å². The van der Waals surface area contributed by atoms with Crippen LogP contribution in [0.15, 0.2) is 35.4 Å². The Bertz CT molecular complexity index is 960. The van der Waals surface area contributed by atoms with Crippen molar-refractivity contribution in [3.8, 4) is 12.1 Å². The molecule has 7 heteroatoms. The number of amides is 1. The molecule has 6 nitrogen and oxygen atoms in total. The maximum absolute atomic E-state index is 12.8. The number of aromatic nitrogens is 1. The Morgan fingerprint density at radius 2 is 2.07 bits per heavy atom. The summed E-state index contributed by atoms with van der Waals surface area (Å²) in [7, 11) is 1.83. The van der Waals surface area contributed by atoms with E-state index in [9.17, 15) is 10.1 Å². The van der Waals surface area contributed by atoms with Gasteiger partial charge >= 0.3 is 0 Å². The van der Waals surface area contributed by atoms with Gasteiger partial charge in [0.05, 0.1) is 11.8 Å². The number of nitrogens with two attached hydrogens (primary N) is 1. The second-order valence-electron chi connectivity index (χ2n) is 6.46. The van der Waals surface area contributed by atoms with Gasteiger partial charge in [-0.05, 0) is 36.5 Å². The molecule has 3 rings (SSSR count). The van der Waals surface area contributed by atoms with Crippen molar-refractivity contribution in [1.29, 1.82) is 10.5 Å². The van der Waals surface area contributed by atoms with Crippen molar-refractivity contribution < 1.29 is 9.78 Å². The van der Waals surface area contributed by atoms with E-state index in [0.717, 1.165) is 19.3 Å². The molecule has 1 amide bonds. The van der Waals surface area contributed by atoms with Gasteiger partial charge in [-0.1, -0.05) is 36.0 Å². The van der Waals surface area contributed by atoms with Gasteiger partial charge in [-0.3, -0.25) is 10.5 Å². The first kappa shape index (κ1) is 18.8. The molecule has 27 heavy (non-hydrogen) atoms. The number of aryl methyl sites for hydroxylation is 1. The summed E-state index contributed by atoms with van der Waals surface area (Å²) in [4.78, 5) is 17.4. The third-order valence-electron chi connectivity index (χ3n) is 4.85. The van der Waals surface area contributed by atoms with Crippen molar-refractivity contribution in [1.82, 2.24) is 4.90 Å². The van der Waals surface area contributed by atoms with Crippen LogP contribution in [-0.2, 0) is 11.2 Å². The number of hydrogen-bond acceptors (Lipinski definition) is 5. The molecule has 1 aromatic heterocycles. The third-order valence-corrected chi connectivity index (χ3v) is 5.85. The number of nitrogen functional groups attached to an aromatic ring is 1. The Kier molecular flexibility index (Phi) is 5.63. The minimum absolute atomic E-state index is 0.0121. The van der Waals surface area contributed by atoms with Crippen molar-refractivity contribution in [2.24, 2.45) is 0 Å². The number of nitrogens with zero attached hydrogens (tertiary/aromatic N) is 3. The smallest absolute Gasteiger partial charge is 0.289 e. The fourth-order valence-corrected chi connectivity index (χ4v) is 4.29. The summed E-state index contributed by atoms with van der Waals surface area (Å²) in [5.41, 5.74) is 8.85. The number of nitrogens with one attached hydrogen (secondary N) is 1. The van der Waals surface area contributed by atoms with E-state index in [1.807, 2.05) is 31.3 Å². The van der Waals surface area contributed by atoms with Gasteiger partial charge in [0.1, 0.15) is 23.3 Å². The summed E-state index contributed by atoms with van der Waals surface area (Å²) in [6, 6.07) is 13.8. The maximum Gasteiger partial charge on any atom is 0.289 e. The zero-order chi connectivity index (χ0) is 19.4. The highest BCUT2D eigenvalue weighted by molar-refractivity contribution is 7.99. The molecule has 1 aliphatic rings. The van der Waals surface area contributed by atoms with Gasteiger partial charge in [0, 0.05) is 7.05 Å². The van der Waals surface area contributed by atoms with Crippen LogP contribution in [0.1, 0.15) is 41.1 Å². The van der Waals surface area contributed by atoms with Crippen LogP contribution in [0.25, 0.3) is 0 Å². The SMILES string of the molecule is CN(C(=O)CSc1[nH+]c(N)c(C#N)cc1C#N)[C@@H]1CCCc2ccccc21. The van der Waals surface area contributed by atoms with E-state index in [2.05, 4.69) is 17.1 Å². The number of nitriles is 2. The van der Waals surface area contributed by atoms with E-state index < -0.39 is 0 Å². The number of H-pyrrole nitrogens is 1. The molecule has 2 aromatic rings. The summed E-state index contributed by atoms with van der Waals surface area (Å²) >= 11 is 1.23. The lowest BCUT2D eigenvalue weighted by molar-refractivity contribution is -0.410. The van der Waals surface area contributed by atoms with E-state index in [4.69, 9.17) is 11.0 Å². The predicted molar refractivity (Wildman–Crippen MR) is 102 cm³/mol. The molecule has 0 saturated carbocycles. The first-order valence-electron chi connectivity index (χ1n) is 8.67. The number of carbonyl (C=O) groups excluding carboxylic acids is 1. The molecule has 1 aromatic carbocycles. The maximum atomic E-state index is 12.8. The zero-order valence-electron chi connectivity index (χ0n) is 15.0. The highest BCUT2D eigenvalue weighted by Crippen LogP contribution is 2.34. The summed E-state index contributed by atoms with van der Waals surface area (Å²) in [5.74, 6) is 0.369. The van der Waals surface area contributed by atoms with Gasteiger partial charge in [-0.15, -0.1) is 0 Å². The van der Waals surface area contributed by atoms with E-state index in [-0.39, 0.29) is 29.1 Å². The first-order valence-corrected chi connectivity index (χ1v) is 9.66. The highest BCUT2D eigenvalue weighted by Gasteiger charge is 2.27. The molecule has 0 saturated heterocycles. The second kappa shape index (κ2) is 8.11. The van der Waals surface area contributed by atoms with Crippen molar-refractivity contribution in [2.75, 3.05) is 18.5 Å². The Labute approximate surface area is 162 Å². The molecule has 1 heterocycles. The molecular formula is C20H20N5OS+. The van der Waals surface area contributed by atoms with Crippen LogP contribution in [0.3, 0.4) is 0 Å². The van der Waals surface area contributed by atoms with Crippen molar-refractivity contribution in [3.05, 3.63) is 52.6 Å². The fourth-order valence-electron chi connectivity index (χ4n) is 3.37. The fraction of sp³-hybridized carbons (Fsp3) is 0.300. The normalized spacial score (nSPS) is 15.3. The molecule has 0 radical (unpaired) electrons. The van der Waals surface area contributed by atoms with Crippen LogP contribution in [0.2, 0.25) is 0 Å². The molecule has 136 valence electrons.